The van der Waals surface area contributed by atoms with Crippen molar-refractivity contribution in [2.45, 2.75) is 6.54 Å². The van der Waals surface area contributed by atoms with Crippen molar-refractivity contribution in [3.8, 4) is 0 Å². The second-order valence-corrected chi connectivity index (χ2v) is 5.22. The molecule has 3 N–H and O–H groups in total. The molecule has 0 unspecified atom stereocenters. The number of nitrogens with one attached hydrogen (secondary N) is 1. The first-order valence-corrected chi connectivity index (χ1v) is 6.76. The quantitative estimate of drug-likeness (QED) is 0.745. The average molecular weight is 288 g/mol. The number of aromatic nitrogens is 4. The number of rotatable bonds is 3. The van der Waals surface area contributed by atoms with E-state index in [4.69, 9.17) is 5.73 Å². The second kappa shape index (κ2) is 4.89. The minimum absolute atomic E-state index is 0.118. The number of hydrogen-bond donors (Lipinski definition) is 2. The highest BCUT2D eigenvalue weighted by Gasteiger charge is 2.09. The summed E-state index contributed by atoms with van der Waals surface area (Å²) in [6.45, 7) is 0.416. The number of aromatic amines is 1. The molecular weight excluding hydrogens is 276 g/mol. The van der Waals surface area contributed by atoms with Gasteiger partial charge in [0.2, 0.25) is 0 Å². The van der Waals surface area contributed by atoms with E-state index < -0.39 is 0 Å². The van der Waals surface area contributed by atoms with Crippen LogP contribution in [0.4, 0.5) is 11.6 Å². The van der Waals surface area contributed by atoms with Gasteiger partial charge in [0.15, 0.2) is 0 Å². The first kappa shape index (κ1) is 12.5. The van der Waals surface area contributed by atoms with Gasteiger partial charge < -0.3 is 15.6 Å². The van der Waals surface area contributed by atoms with Gasteiger partial charge in [-0.25, -0.2) is 9.97 Å². The molecule has 0 amide bonds. The number of nitrogens with two attached hydrogens (primary N) is 1. The van der Waals surface area contributed by atoms with Crippen LogP contribution in [0.1, 0.15) is 5.82 Å². The Kier molecular flexibility index (Phi) is 3.07. The number of hydrogen-bond acceptors (Lipinski definition) is 7. The normalized spacial score (nSPS) is 10.8. The summed E-state index contributed by atoms with van der Waals surface area (Å²) in [5, 5.41) is 1.85. The molecule has 3 aromatic heterocycles. The van der Waals surface area contributed by atoms with Gasteiger partial charge in [-0.15, -0.1) is 11.3 Å². The SMILES string of the molecule is CN(Cc1nc2ccsc2c(=O)[nH]1)c1cncc(N)n1. The van der Waals surface area contributed by atoms with Gasteiger partial charge in [-0.05, 0) is 11.4 Å². The van der Waals surface area contributed by atoms with E-state index in [1.54, 1.807) is 6.20 Å². The lowest BCUT2D eigenvalue weighted by molar-refractivity contribution is 0.824. The van der Waals surface area contributed by atoms with Gasteiger partial charge in [-0.1, -0.05) is 0 Å². The predicted molar refractivity (Wildman–Crippen MR) is 78.8 cm³/mol. The molecule has 8 heteroatoms. The summed E-state index contributed by atoms with van der Waals surface area (Å²) in [6, 6.07) is 1.83. The highest BCUT2D eigenvalue weighted by molar-refractivity contribution is 7.17. The highest BCUT2D eigenvalue weighted by Crippen LogP contribution is 2.15. The van der Waals surface area contributed by atoms with Crippen molar-refractivity contribution in [3.63, 3.8) is 0 Å². The van der Waals surface area contributed by atoms with Crippen LogP contribution in [-0.2, 0) is 6.54 Å². The maximum Gasteiger partial charge on any atom is 0.268 e. The lowest BCUT2D eigenvalue weighted by Crippen LogP contribution is -2.22. The Morgan fingerprint density at radius 2 is 2.25 bits per heavy atom. The number of fused-ring (bicyclic) bond motifs is 1. The van der Waals surface area contributed by atoms with Crippen LogP contribution in [-0.4, -0.2) is 27.0 Å². The van der Waals surface area contributed by atoms with Crippen LogP contribution in [0.3, 0.4) is 0 Å². The van der Waals surface area contributed by atoms with Crippen LogP contribution in [0.25, 0.3) is 10.2 Å². The molecular formula is C12H12N6OS. The van der Waals surface area contributed by atoms with E-state index in [-0.39, 0.29) is 5.56 Å². The zero-order valence-electron chi connectivity index (χ0n) is 10.7. The number of anilines is 2. The highest BCUT2D eigenvalue weighted by atomic mass is 32.1. The first-order chi connectivity index (χ1) is 9.63. The second-order valence-electron chi connectivity index (χ2n) is 4.31. The molecule has 0 fully saturated rings. The Morgan fingerprint density at radius 3 is 3.05 bits per heavy atom. The van der Waals surface area contributed by atoms with Crippen LogP contribution >= 0.6 is 11.3 Å². The number of nitrogen functional groups attached to an aromatic ring is 1. The number of nitrogens with zero attached hydrogens (tertiary/aromatic N) is 4. The van der Waals surface area contributed by atoms with Crippen molar-refractivity contribution in [3.05, 3.63) is 40.0 Å². The molecule has 0 aliphatic heterocycles. The van der Waals surface area contributed by atoms with E-state index in [2.05, 4.69) is 19.9 Å². The zero-order valence-corrected chi connectivity index (χ0v) is 11.5. The third-order valence-electron chi connectivity index (χ3n) is 2.78. The molecule has 0 radical (unpaired) electrons. The molecule has 0 saturated carbocycles. The van der Waals surface area contributed by atoms with Crippen LogP contribution in [0, 0.1) is 0 Å². The lowest BCUT2D eigenvalue weighted by Gasteiger charge is -2.17. The van der Waals surface area contributed by atoms with E-state index in [0.717, 1.165) is 0 Å². The summed E-state index contributed by atoms with van der Waals surface area (Å²) >= 11 is 1.38. The Bertz CT molecular complexity index is 811. The largest absolute Gasteiger partial charge is 0.382 e. The van der Waals surface area contributed by atoms with Crippen molar-refractivity contribution in [2.75, 3.05) is 17.7 Å². The smallest absolute Gasteiger partial charge is 0.268 e. The molecule has 20 heavy (non-hydrogen) atoms. The van der Waals surface area contributed by atoms with Crippen molar-refractivity contribution in [2.24, 2.45) is 0 Å². The monoisotopic (exact) mass is 288 g/mol. The summed E-state index contributed by atoms with van der Waals surface area (Å²) in [5.41, 5.74) is 6.19. The van der Waals surface area contributed by atoms with E-state index in [9.17, 15) is 4.79 Å². The van der Waals surface area contributed by atoms with Crippen molar-refractivity contribution in [1.29, 1.82) is 0 Å². The van der Waals surface area contributed by atoms with Gasteiger partial charge >= 0.3 is 0 Å². The van der Waals surface area contributed by atoms with Gasteiger partial charge in [0, 0.05) is 7.05 Å². The summed E-state index contributed by atoms with van der Waals surface area (Å²) in [6.07, 6.45) is 3.09. The summed E-state index contributed by atoms with van der Waals surface area (Å²) in [7, 11) is 1.83. The molecule has 0 atom stereocenters. The summed E-state index contributed by atoms with van der Waals surface area (Å²) < 4.78 is 0.639. The maximum absolute atomic E-state index is 11.9. The van der Waals surface area contributed by atoms with Crippen molar-refractivity contribution in [1.82, 2.24) is 19.9 Å². The van der Waals surface area contributed by atoms with Gasteiger partial charge in [0.05, 0.1) is 24.5 Å². The minimum Gasteiger partial charge on any atom is -0.382 e. The Labute approximate surface area is 118 Å². The number of thiophene rings is 1. The average Bonchev–Trinajstić information content (AvgIpc) is 2.87. The Balaban J connectivity index is 1.91. The van der Waals surface area contributed by atoms with E-state index in [1.165, 1.54) is 17.5 Å². The van der Waals surface area contributed by atoms with Crippen LogP contribution in [0.5, 0.6) is 0 Å². The Morgan fingerprint density at radius 1 is 1.40 bits per heavy atom. The third kappa shape index (κ3) is 2.32. The summed E-state index contributed by atoms with van der Waals surface area (Å²) in [4.78, 5) is 29.0. The molecule has 0 aliphatic carbocycles. The fraction of sp³-hybridized carbons (Fsp3) is 0.167. The molecule has 102 valence electrons. The minimum atomic E-state index is -0.118. The molecule has 0 spiro atoms. The van der Waals surface area contributed by atoms with E-state index in [1.807, 2.05) is 23.4 Å². The van der Waals surface area contributed by atoms with Crippen molar-refractivity contribution >= 4 is 33.2 Å². The molecule has 7 nitrogen and oxygen atoms in total. The van der Waals surface area contributed by atoms with E-state index in [0.29, 0.717) is 34.2 Å². The fourth-order valence-electron chi connectivity index (χ4n) is 1.86. The first-order valence-electron chi connectivity index (χ1n) is 5.88. The third-order valence-corrected chi connectivity index (χ3v) is 3.68. The molecule has 0 aliphatic rings. The standard InChI is InChI=1S/C12H12N6OS/c1-18(10-5-14-4-8(13)16-10)6-9-15-7-2-3-20-11(7)12(19)17-9/h2-5H,6H2,1H3,(H2,13,16)(H,15,17,19). The molecule has 3 aromatic rings. The van der Waals surface area contributed by atoms with Gasteiger partial charge in [0.1, 0.15) is 22.2 Å². The molecule has 0 aromatic carbocycles. The zero-order chi connectivity index (χ0) is 14.1. The molecule has 0 bridgehead atoms. The fourth-order valence-corrected chi connectivity index (χ4v) is 2.58. The molecule has 3 rings (SSSR count). The maximum atomic E-state index is 11.9. The predicted octanol–water partition coefficient (Wildman–Crippen LogP) is 0.993. The molecule has 3 heterocycles. The topological polar surface area (TPSA) is 101 Å². The Hall–Kier alpha value is -2.48. The van der Waals surface area contributed by atoms with Crippen molar-refractivity contribution < 1.29 is 0 Å². The summed E-state index contributed by atoms with van der Waals surface area (Å²) in [5.74, 6) is 1.55. The lowest BCUT2D eigenvalue weighted by atomic mass is 10.4. The van der Waals surface area contributed by atoms with Crippen LogP contribution in [0.15, 0.2) is 28.6 Å². The van der Waals surface area contributed by atoms with Gasteiger partial charge in [-0.2, -0.15) is 0 Å². The van der Waals surface area contributed by atoms with Crippen LogP contribution in [0.2, 0.25) is 0 Å². The van der Waals surface area contributed by atoms with Crippen LogP contribution < -0.4 is 16.2 Å². The number of H-pyrrole nitrogens is 1. The van der Waals surface area contributed by atoms with Gasteiger partial charge in [-0.3, -0.25) is 9.78 Å². The van der Waals surface area contributed by atoms with Gasteiger partial charge in [0.25, 0.3) is 5.56 Å². The van der Waals surface area contributed by atoms with E-state index >= 15 is 0 Å². The molecule has 0 saturated heterocycles.